The summed E-state index contributed by atoms with van der Waals surface area (Å²) in [5.74, 6) is -1.29. The van der Waals surface area contributed by atoms with Crippen LogP contribution in [0.2, 0.25) is 10.3 Å². The molecule has 0 aromatic carbocycles. The number of carboxylic acid groups (broad SMARTS) is 1. The number of aromatic nitrogens is 2. The minimum atomic E-state index is -1.29. The first-order valence-electron chi connectivity index (χ1n) is 5.52. The van der Waals surface area contributed by atoms with Gasteiger partial charge in [-0.25, -0.2) is 14.8 Å². The van der Waals surface area contributed by atoms with Crippen molar-refractivity contribution in [2.75, 3.05) is 0 Å². The zero-order valence-corrected chi connectivity index (χ0v) is 12.0. The molecule has 0 radical (unpaired) electrons. The molecule has 7 nitrogen and oxygen atoms in total. The average molecular weight is 328 g/mol. The number of aromatic carboxylic acids is 1. The van der Waals surface area contributed by atoms with Gasteiger partial charge >= 0.3 is 11.7 Å². The van der Waals surface area contributed by atoms with Crippen LogP contribution in [0.25, 0.3) is 11.1 Å². The van der Waals surface area contributed by atoms with Crippen molar-refractivity contribution in [3.8, 4) is 11.1 Å². The normalized spacial score (nSPS) is 10.4. The summed E-state index contributed by atoms with van der Waals surface area (Å²) in [6.45, 7) is 1.46. The van der Waals surface area contributed by atoms with Gasteiger partial charge in [0.1, 0.15) is 10.7 Å². The van der Waals surface area contributed by atoms with Crippen LogP contribution >= 0.6 is 23.2 Å². The van der Waals surface area contributed by atoms with E-state index >= 15 is 0 Å². The molecule has 1 N–H and O–H groups in total. The van der Waals surface area contributed by atoms with E-state index < -0.39 is 10.9 Å². The van der Waals surface area contributed by atoms with Crippen molar-refractivity contribution >= 4 is 34.9 Å². The molecule has 0 aliphatic carbocycles. The van der Waals surface area contributed by atoms with Gasteiger partial charge in [0.05, 0.1) is 4.92 Å². The summed E-state index contributed by atoms with van der Waals surface area (Å²) in [5, 5.41) is 19.8. The standard InChI is InChI=1S/C12H7Cl2N3O4/c1-5-7(4-16-11(14)9(5)17(20)21)6-2-3-15-10(13)8(6)12(18)19/h2-4H,1H3,(H,18,19). The molecule has 0 fully saturated rings. The Morgan fingerprint density at radius 3 is 2.52 bits per heavy atom. The molecular weight excluding hydrogens is 321 g/mol. The van der Waals surface area contributed by atoms with Gasteiger partial charge in [-0.2, -0.15) is 0 Å². The molecule has 0 spiro atoms. The molecule has 2 aromatic rings. The molecule has 0 aliphatic heterocycles. The molecule has 0 saturated heterocycles. The molecule has 0 amide bonds. The quantitative estimate of drug-likeness (QED) is 0.526. The molecule has 0 aliphatic rings. The van der Waals surface area contributed by atoms with E-state index in [1.165, 1.54) is 25.4 Å². The number of hydrogen-bond donors (Lipinski definition) is 1. The lowest BCUT2D eigenvalue weighted by Crippen LogP contribution is -2.04. The second kappa shape index (κ2) is 5.63. The maximum Gasteiger partial charge on any atom is 0.339 e. The average Bonchev–Trinajstić information content (AvgIpc) is 2.37. The van der Waals surface area contributed by atoms with Crippen LogP contribution in [0.5, 0.6) is 0 Å². The largest absolute Gasteiger partial charge is 0.478 e. The third kappa shape index (κ3) is 2.65. The van der Waals surface area contributed by atoms with Crippen molar-refractivity contribution in [1.82, 2.24) is 9.97 Å². The van der Waals surface area contributed by atoms with Crippen molar-refractivity contribution in [1.29, 1.82) is 0 Å². The fraction of sp³-hybridized carbons (Fsp3) is 0.0833. The molecule has 2 heterocycles. The molecule has 2 aromatic heterocycles. The summed E-state index contributed by atoms with van der Waals surface area (Å²) in [7, 11) is 0. The third-order valence-electron chi connectivity index (χ3n) is 2.85. The topological polar surface area (TPSA) is 106 Å². The molecule has 0 bridgehead atoms. The summed E-state index contributed by atoms with van der Waals surface area (Å²) in [5.41, 5.74) is 0.0176. The van der Waals surface area contributed by atoms with Crippen LogP contribution in [0.15, 0.2) is 18.5 Å². The van der Waals surface area contributed by atoms with Crippen molar-refractivity contribution in [2.24, 2.45) is 0 Å². The number of pyridine rings is 2. The molecule has 0 unspecified atom stereocenters. The van der Waals surface area contributed by atoms with Crippen LogP contribution in [0.3, 0.4) is 0 Å². The molecule has 9 heteroatoms. The second-order valence-electron chi connectivity index (χ2n) is 4.02. The number of hydrogen-bond acceptors (Lipinski definition) is 5. The van der Waals surface area contributed by atoms with Crippen molar-refractivity contribution < 1.29 is 14.8 Å². The Balaban J connectivity index is 2.81. The molecule has 0 atom stereocenters. The maximum atomic E-state index is 11.3. The van der Waals surface area contributed by atoms with Gasteiger partial charge in [-0.15, -0.1) is 0 Å². The van der Waals surface area contributed by atoms with Gasteiger partial charge in [-0.3, -0.25) is 10.1 Å². The Labute approximate surface area is 128 Å². The van der Waals surface area contributed by atoms with Crippen LogP contribution in [-0.2, 0) is 0 Å². The van der Waals surface area contributed by atoms with Crippen molar-refractivity contribution in [3.63, 3.8) is 0 Å². The van der Waals surface area contributed by atoms with E-state index in [-0.39, 0.29) is 38.2 Å². The van der Waals surface area contributed by atoms with Gasteiger partial charge in [-0.1, -0.05) is 23.2 Å². The minimum Gasteiger partial charge on any atom is -0.478 e. The first-order chi connectivity index (χ1) is 9.84. The highest BCUT2D eigenvalue weighted by molar-refractivity contribution is 6.33. The number of carboxylic acids is 1. The highest BCUT2D eigenvalue weighted by Gasteiger charge is 2.24. The van der Waals surface area contributed by atoms with E-state index in [9.17, 15) is 20.0 Å². The molecule has 0 saturated carbocycles. The summed E-state index contributed by atoms with van der Waals surface area (Å²) < 4.78 is 0. The fourth-order valence-corrected chi connectivity index (χ4v) is 2.41. The van der Waals surface area contributed by atoms with E-state index in [0.29, 0.717) is 0 Å². The zero-order valence-electron chi connectivity index (χ0n) is 10.5. The highest BCUT2D eigenvalue weighted by atomic mass is 35.5. The summed E-state index contributed by atoms with van der Waals surface area (Å²) in [6.07, 6.45) is 2.58. The SMILES string of the molecule is Cc1c(-c2ccnc(Cl)c2C(=O)O)cnc(Cl)c1[N+](=O)[O-]. The lowest BCUT2D eigenvalue weighted by atomic mass is 9.98. The van der Waals surface area contributed by atoms with E-state index in [1.54, 1.807) is 0 Å². The van der Waals surface area contributed by atoms with E-state index in [2.05, 4.69) is 9.97 Å². The first-order valence-corrected chi connectivity index (χ1v) is 6.27. The Kier molecular flexibility index (Phi) is 4.06. The predicted molar refractivity (Wildman–Crippen MR) is 75.8 cm³/mol. The van der Waals surface area contributed by atoms with Gasteiger partial charge < -0.3 is 5.11 Å². The van der Waals surface area contributed by atoms with Crippen LogP contribution in [0, 0.1) is 17.0 Å². The van der Waals surface area contributed by atoms with Gasteiger partial charge in [0.2, 0.25) is 5.15 Å². The number of carbonyl (C=O) groups is 1. The van der Waals surface area contributed by atoms with Crippen LogP contribution < -0.4 is 0 Å². The fourth-order valence-electron chi connectivity index (χ4n) is 1.91. The summed E-state index contributed by atoms with van der Waals surface area (Å²) >= 11 is 11.5. The maximum absolute atomic E-state index is 11.3. The second-order valence-corrected chi connectivity index (χ2v) is 4.74. The Morgan fingerprint density at radius 2 is 1.95 bits per heavy atom. The molecule has 21 heavy (non-hydrogen) atoms. The third-order valence-corrected chi connectivity index (χ3v) is 3.42. The van der Waals surface area contributed by atoms with E-state index in [0.717, 1.165) is 0 Å². The number of rotatable bonds is 3. The van der Waals surface area contributed by atoms with E-state index in [4.69, 9.17) is 23.2 Å². The zero-order chi connectivity index (χ0) is 15.7. The summed E-state index contributed by atoms with van der Waals surface area (Å²) in [6, 6.07) is 1.40. The van der Waals surface area contributed by atoms with Crippen LogP contribution in [-0.4, -0.2) is 26.0 Å². The smallest absolute Gasteiger partial charge is 0.339 e. The lowest BCUT2D eigenvalue weighted by Gasteiger charge is -2.10. The van der Waals surface area contributed by atoms with Crippen molar-refractivity contribution in [3.05, 3.63) is 50.0 Å². The predicted octanol–water partition coefficient (Wildman–Crippen LogP) is 3.37. The Bertz CT molecular complexity index is 764. The Hall–Kier alpha value is -2.25. The number of nitrogens with zero attached hydrogens (tertiary/aromatic N) is 3. The van der Waals surface area contributed by atoms with Crippen LogP contribution in [0.1, 0.15) is 15.9 Å². The van der Waals surface area contributed by atoms with Gasteiger partial charge in [0.25, 0.3) is 0 Å². The van der Waals surface area contributed by atoms with Gasteiger partial charge in [0, 0.05) is 29.1 Å². The van der Waals surface area contributed by atoms with Crippen molar-refractivity contribution in [2.45, 2.75) is 6.92 Å². The lowest BCUT2D eigenvalue weighted by molar-refractivity contribution is -0.385. The molecule has 108 valence electrons. The molecule has 2 rings (SSSR count). The van der Waals surface area contributed by atoms with E-state index in [1.807, 2.05) is 0 Å². The number of halogens is 2. The van der Waals surface area contributed by atoms with Crippen LogP contribution in [0.4, 0.5) is 5.69 Å². The van der Waals surface area contributed by atoms with Gasteiger partial charge in [-0.05, 0) is 13.0 Å². The highest BCUT2D eigenvalue weighted by Crippen LogP contribution is 2.36. The monoisotopic (exact) mass is 327 g/mol. The Morgan fingerprint density at radius 1 is 1.29 bits per heavy atom. The first kappa shape index (κ1) is 15.1. The minimum absolute atomic E-state index is 0.187. The van der Waals surface area contributed by atoms with Gasteiger partial charge in [0.15, 0.2) is 0 Å². The molecular formula is C12H7Cl2N3O4. The number of nitro groups is 1. The summed E-state index contributed by atoms with van der Waals surface area (Å²) in [4.78, 5) is 29.1.